The number of rotatable bonds is 3. The van der Waals surface area contributed by atoms with Crippen LogP contribution in [-0.4, -0.2) is 21.7 Å². The van der Waals surface area contributed by atoms with Crippen LogP contribution in [0, 0.1) is 10.1 Å². The van der Waals surface area contributed by atoms with Crippen LogP contribution in [-0.2, 0) is 0 Å². The smallest absolute Gasteiger partial charge is 0.304 e. The summed E-state index contributed by atoms with van der Waals surface area (Å²) < 4.78 is 11.3. The second-order valence-corrected chi connectivity index (χ2v) is 4.43. The number of nitrogens with zero attached hydrogens (tertiary/aromatic N) is 2. The van der Waals surface area contributed by atoms with E-state index in [-0.39, 0.29) is 34.0 Å². The zero-order valence-electron chi connectivity index (χ0n) is 11.3. The average Bonchev–Trinajstić information content (AvgIpc) is 3.01. The van der Waals surface area contributed by atoms with Crippen LogP contribution in [0.5, 0.6) is 11.5 Å². The van der Waals surface area contributed by atoms with E-state index >= 15 is 0 Å². The Morgan fingerprint density at radius 2 is 2.14 bits per heavy atom. The molecule has 22 heavy (non-hydrogen) atoms. The van der Waals surface area contributed by atoms with Gasteiger partial charge in [0.05, 0.1) is 23.8 Å². The van der Waals surface area contributed by atoms with Crippen molar-refractivity contribution >= 4 is 16.6 Å². The molecule has 0 fully saturated rings. The first-order chi connectivity index (χ1) is 10.5. The highest BCUT2D eigenvalue weighted by atomic mass is 16.6. The summed E-state index contributed by atoms with van der Waals surface area (Å²) in [5.41, 5.74) is -0.743. The molecule has 0 spiro atoms. The highest BCUT2D eigenvalue weighted by molar-refractivity contribution is 5.90. The molecule has 0 atom stereocenters. The second-order valence-electron chi connectivity index (χ2n) is 4.43. The molecule has 0 amide bonds. The zero-order valence-corrected chi connectivity index (χ0v) is 11.3. The van der Waals surface area contributed by atoms with E-state index in [9.17, 15) is 20.0 Å². The summed E-state index contributed by atoms with van der Waals surface area (Å²) in [7, 11) is 1.25. The lowest BCUT2D eigenvalue weighted by Gasteiger charge is -2.12. The van der Waals surface area contributed by atoms with Crippen molar-refractivity contribution < 1.29 is 19.2 Å². The number of non-ortho nitro benzene ring substituents is 1. The van der Waals surface area contributed by atoms with Gasteiger partial charge in [-0.3, -0.25) is 14.9 Å². The van der Waals surface area contributed by atoms with Gasteiger partial charge in [0, 0.05) is 23.6 Å². The van der Waals surface area contributed by atoms with Crippen molar-refractivity contribution in [2.24, 2.45) is 0 Å². The lowest BCUT2D eigenvalue weighted by atomic mass is 10.1. The van der Waals surface area contributed by atoms with Gasteiger partial charge in [-0.05, 0) is 12.1 Å². The predicted octanol–water partition coefficient (Wildman–Crippen LogP) is 2.21. The molecule has 0 aliphatic heterocycles. The molecule has 112 valence electrons. The Bertz CT molecular complexity index is 927. The molecule has 0 saturated heterocycles. The number of nitro groups is 1. The zero-order chi connectivity index (χ0) is 15.9. The van der Waals surface area contributed by atoms with Gasteiger partial charge in [0.2, 0.25) is 11.6 Å². The van der Waals surface area contributed by atoms with Crippen molar-refractivity contribution in [2.45, 2.75) is 0 Å². The van der Waals surface area contributed by atoms with E-state index in [1.807, 2.05) is 0 Å². The van der Waals surface area contributed by atoms with Crippen LogP contribution in [0.15, 0.2) is 45.8 Å². The summed E-state index contributed by atoms with van der Waals surface area (Å²) in [5, 5.41) is 21.3. The highest BCUT2D eigenvalue weighted by Gasteiger charge is 2.21. The minimum Gasteiger partial charge on any atom is -0.504 e. The van der Waals surface area contributed by atoms with E-state index in [1.54, 1.807) is 6.07 Å². The van der Waals surface area contributed by atoms with Gasteiger partial charge in [0.1, 0.15) is 0 Å². The minimum atomic E-state index is -0.678. The number of aromatic nitrogens is 1. The SMILES string of the molecule is COc1c(O)c2ccc([N+](=O)[O-])cc2n(-c2ccco2)c1=O. The summed E-state index contributed by atoms with van der Waals surface area (Å²) in [6.07, 6.45) is 1.37. The molecule has 2 heterocycles. The van der Waals surface area contributed by atoms with Crippen LogP contribution >= 0.6 is 0 Å². The predicted molar refractivity (Wildman–Crippen MR) is 76.7 cm³/mol. The number of furan rings is 1. The van der Waals surface area contributed by atoms with Gasteiger partial charge >= 0.3 is 5.56 Å². The molecule has 1 N–H and O–H groups in total. The Labute approximate surface area is 122 Å². The fraction of sp³-hybridized carbons (Fsp3) is 0.0714. The van der Waals surface area contributed by atoms with Crippen molar-refractivity contribution in [3.63, 3.8) is 0 Å². The molecule has 0 saturated carbocycles. The molecule has 0 unspecified atom stereocenters. The van der Waals surface area contributed by atoms with Crippen LogP contribution in [0.3, 0.4) is 0 Å². The fourth-order valence-corrected chi connectivity index (χ4v) is 2.25. The molecule has 0 aliphatic rings. The van der Waals surface area contributed by atoms with E-state index in [1.165, 1.54) is 37.6 Å². The monoisotopic (exact) mass is 302 g/mol. The topological polar surface area (TPSA) is 108 Å². The number of aromatic hydroxyl groups is 1. The third kappa shape index (κ3) is 1.89. The molecule has 8 heteroatoms. The molecule has 3 aromatic rings. The molecule has 8 nitrogen and oxygen atoms in total. The summed E-state index contributed by atoms with van der Waals surface area (Å²) in [5.74, 6) is -0.480. The van der Waals surface area contributed by atoms with E-state index in [4.69, 9.17) is 9.15 Å². The van der Waals surface area contributed by atoms with E-state index in [0.29, 0.717) is 0 Å². The lowest BCUT2D eigenvalue weighted by Crippen LogP contribution is -2.20. The Balaban J connectivity index is 2.51. The van der Waals surface area contributed by atoms with Gasteiger partial charge in [0.25, 0.3) is 5.69 Å². The van der Waals surface area contributed by atoms with Crippen LogP contribution in [0.4, 0.5) is 5.69 Å². The van der Waals surface area contributed by atoms with Gasteiger partial charge < -0.3 is 14.3 Å². The highest BCUT2D eigenvalue weighted by Crippen LogP contribution is 2.34. The van der Waals surface area contributed by atoms with Crippen molar-refractivity contribution in [1.82, 2.24) is 4.57 Å². The van der Waals surface area contributed by atoms with Crippen LogP contribution in [0.25, 0.3) is 16.8 Å². The van der Waals surface area contributed by atoms with E-state index < -0.39 is 10.5 Å². The van der Waals surface area contributed by atoms with Gasteiger partial charge in [-0.1, -0.05) is 0 Å². The van der Waals surface area contributed by atoms with Gasteiger partial charge in [-0.25, -0.2) is 4.57 Å². The van der Waals surface area contributed by atoms with Crippen molar-refractivity contribution in [3.8, 4) is 17.4 Å². The summed E-state index contributed by atoms with van der Waals surface area (Å²) in [6, 6.07) is 6.88. The number of pyridine rings is 1. The van der Waals surface area contributed by atoms with Crippen LogP contribution in [0.1, 0.15) is 0 Å². The number of ether oxygens (including phenoxy) is 1. The fourth-order valence-electron chi connectivity index (χ4n) is 2.25. The third-order valence-electron chi connectivity index (χ3n) is 3.23. The van der Waals surface area contributed by atoms with Gasteiger partial charge in [0.15, 0.2) is 5.75 Å². The van der Waals surface area contributed by atoms with E-state index in [2.05, 4.69) is 0 Å². The molecule has 0 bridgehead atoms. The normalized spacial score (nSPS) is 10.8. The summed E-state index contributed by atoms with van der Waals surface area (Å²) in [6.45, 7) is 0. The van der Waals surface area contributed by atoms with Crippen LogP contribution < -0.4 is 10.3 Å². The number of fused-ring (bicyclic) bond motifs is 1. The Hall–Kier alpha value is -3.29. The number of methoxy groups -OCH3 is 1. The quantitative estimate of drug-likeness (QED) is 0.587. The maximum atomic E-state index is 12.5. The second kappa shape index (κ2) is 4.92. The minimum absolute atomic E-state index is 0.146. The first-order valence-electron chi connectivity index (χ1n) is 6.18. The number of benzene rings is 1. The third-order valence-corrected chi connectivity index (χ3v) is 3.23. The Morgan fingerprint density at radius 1 is 1.36 bits per heavy atom. The number of hydrogen-bond acceptors (Lipinski definition) is 6. The number of nitro benzene ring substituents is 1. The maximum absolute atomic E-state index is 12.5. The number of hydrogen-bond donors (Lipinski definition) is 1. The first-order valence-corrected chi connectivity index (χ1v) is 6.18. The lowest BCUT2D eigenvalue weighted by molar-refractivity contribution is -0.384. The Morgan fingerprint density at radius 3 is 2.73 bits per heavy atom. The van der Waals surface area contributed by atoms with Crippen molar-refractivity contribution in [1.29, 1.82) is 0 Å². The van der Waals surface area contributed by atoms with Gasteiger partial charge in [-0.15, -0.1) is 0 Å². The summed E-state index contributed by atoms with van der Waals surface area (Å²) in [4.78, 5) is 22.8. The maximum Gasteiger partial charge on any atom is 0.304 e. The molecule has 3 rings (SSSR count). The average molecular weight is 302 g/mol. The van der Waals surface area contributed by atoms with E-state index in [0.717, 1.165) is 4.57 Å². The largest absolute Gasteiger partial charge is 0.504 e. The summed E-state index contributed by atoms with van der Waals surface area (Å²) >= 11 is 0. The Kier molecular flexibility index (Phi) is 3.06. The molecular weight excluding hydrogens is 292 g/mol. The van der Waals surface area contributed by atoms with Gasteiger partial charge in [-0.2, -0.15) is 0 Å². The molecule has 2 aromatic heterocycles. The molecule has 1 aromatic carbocycles. The van der Waals surface area contributed by atoms with Crippen LogP contribution in [0.2, 0.25) is 0 Å². The standard InChI is InChI=1S/C14H10N2O6/c1-21-13-12(17)9-5-4-8(16(19)20)7-10(9)15(14(13)18)11-3-2-6-22-11/h2-7,17H,1H3. The first kappa shape index (κ1) is 13.7. The van der Waals surface area contributed by atoms with Crippen molar-refractivity contribution in [3.05, 3.63) is 57.1 Å². The molecular formula is C14H10N2O6. The molecule has 0 aliphatic carbocycles. The van der Waals surface area contributed by atoms with Crippen molar-refractivity contribution in [2.75, 3.05) is 7.11 Å². The molecule has 0 radical (unpaired) electrons.